The van der Waals surface area contributed by atoms with Crippen molar-refractivity contribution in [3.05, 3.63) is 95.6 Å². The lowest BCUT2D eigenvalue weighted by molar-refractivity contribution is 0.0321. The second kappa shape index (κ2) is 11.2. The molecule has 0 unspecified atom stereocenters. The highest BCUT2D eigenvalue weighted by Crippen LogP contribution is 2.32. The van der Waals surface area contributed by atoms with E-state index in [4.69, 9.17) is 19.0 Å². The molecule has 1 N–H and O–H groups in total. The molecule has 0 aliphatic carbocycles. The highest BCUT2D eigenvalue weighted by atomic mass is 16.5. The number of benzene rings is 2. The van der Waals surface area contributed by atoms with Crippen LogP contribution in [0.25, 0.3) is 5.69 Å². The van der Waals surface area contributed by atoms with Gasteiger partial charge in [0.05, 0.1) is 42.5 Å². The van der Waals surface area contributed by atoms with E-state index in [1.54, 1.807) is 13.4 Å². The Morgan fingerprint density at radius 2 is 1.76 bits per heavy atom. The van der Waals surface area contributed by atoms with Crippen LogP contribution in [-0.4, -0.2) is 46.2 Å². The van der Waals surface area contributed by atoms with Gasteiger partial charge in [0, 0.05) is 20.2 Å². The number of aryl methyl sites for hydroxylation is 2. The molecule has 0 aliphatic rings. The number of aliphatic hydroxyl groups is 1. The molecule has 0 radical (unpaired) electrons. The Balaban J connectivity index is 1.70. The van der Waals surface area contributed by atoms with Crippen molar-refractivity contribution in [1.29, 1.82) is 0 Å². The van der Waals surface area contributed by atoms with Gasteiger partial charge in [-0.15, -0.1) is 0 Å². The molecule has 7 heteroatoms. The van der Waals surface area contributed by atoms with Gasteiger partial charge in [-0.3, -0.25) is 4.90 Å². The molecule has 34 heavy (non-hydrogen) atoms. The van der Waals surface area contributed by atoms with Gasteiger partial charge in [0.25, 0.3) is 0 Å². The summed E-state index contributed by atoms with van der Waals surface area (Å²) in [5, 5.41) is 15.3. The molecule has 0 saturated carbocycles. The van der Waals surface area contributed by atoms with Crippen LogP contribution in [0.1, 0.15) is 22.6 Å². The van der Waals surface area contributed by atoms with Crippen LogP contribution in [0.5, 0.6) is 11.6 Å². The van der Waals surface area contributed by atoms with E-state index >= 15 is 0 Å². The minimum absolute atomic E-state index is 0.254. The molecule has 1 atom stereocenters. The Bertz CT molecular complexity index is 1150. The summed E-state index contributed by atoms with van der Waals surface area (Å²) in [7, 11) is 1.58. The zero-order chi connectivity index (χ0) is 23.9. The fourth-order valence-corrected chi connectivity index (χ4v) is 3.86. The standard InChI is InChI=1S/C27H31N3O4/c1-20-11-13-24(14-12-20)34-27-26(21(2)28-30(27)22-8-5-4-6-9-22)18-29(16-23(31)19-32-3)17-25-10-7-15-33-25/h4-15,23,31H,16-19H2,1-3H3/t23-/m1/s1. The predicted octanol–water partition coefficient (Wildman–Crippen LogP) is 4.88. The van der Waals surface area contributed by atoms with Crippen molar-refractivity contribution in [2.24, 2.45) is 0 Å². The van der Waals surface area contributed by atoms with Crippen LogP contribution in [0.15, 0.2) is 77.4 Å². The van der Waals surface area contributed by atoms with Crippen LogP contribution in [0.3, 0.4) is 0 Å². The monoisotopic (exact) mass is 461 g/mol. The van der Waals surface area contributed by atoms with E-state index in [9.17, 15) is 5.11 Å². The van der Waals surface area contributed by atoms with E-state index in [1.807, 2.05) is 85.3 Å². The molecular formula is C27H31N3O4. The van der Waals surface area contributed by atoms with Crippen molar-refractivity contribution in [3.63, 3.8) is 0 Å². The number of aromatic nitrogens is 2. The maximum absolute atomic E-state index is 10.5. The number of methoxy groups -OCH3 is 1. The number of ether oxygens (including phenoxy) is 2. The molecule has 7 nitrogen and oxygen atoms in total. The van der Waals surface area contributed by atoms with Crippen LogP contribution in [0, 0.1) is 13.8 Å². The quantitative estimate of drug-likeness (QED) is 0.343. The summed E-state index contributed by atoms with van der Waals surface area (Å²) in [6, 6.07) is 21.7. The summed E-state index contributed by atoms with van der Waals surface area (Å²) in [5.41, 5.74) is 3.88. The molecule has 0 amide bonds. The zero-order valence-corrected chi connectivity index (χ0v) is 19.8. The zero-order valence-electron chi connectivity index (χ0n) is 19.8. The third-order valence-corrected chi connectivity index (χ3v) is 5.54. The fourth-order valence-electron chi connectivity index (χ4n) is 3.86. The van der Waals surface area contributed by atoms with Crippen molar-refractivity contribution in [3.8, 4) is 17.3 Å². The van der Waals surface area contributed by atoms with Crippen LogP contribution < -0.4 is 4.74 Å². The largest absolute Gasteiger partial charge is 0.468 e. The van der Waals surface area contributed by atoms with Gasteiger partial charge < -0.3 is 19.0 Å². The molecule has 0 aliphatic heterocycles. The Morgan fingerprint density at radius 1 is 1.00 bits per heavy atom. The maximum atomic E-state index is 10.5. The second-order valence-electron chi connectivity index (χ2n) is 8.39. The molecule has 2 aromatic heterocycles. The first-order chi connectivity index (χ1) is 16.5. The van der Waals surface area contributed by atoms with Crippen LogP contribution in [0.2, 0.25) is 0 Å². The van der Waals surface area contributed by atoms with Crippen molar-refractivity contribution < 1.29 is 19.0 Å². The Hall–Kier alpha value is -3.39. The highest BCUT2D eigenvalue weighted by molar-refractivity contribution is 5.43. The number of nitrogens with zero attached hydrogens (tertiary/aromatic N) is 3. The van der Waals surface area contributed by atoms with E-state index < -0.39 is 6.10 Å². The average molecular weight is 462 g/mol. The number of rotatable bonds is 11. The summed E-state index contributed by atoms with van der Waals surface area (Å²) < 4.78 is 19.0. The molecule has 2 aromatic carbocycles. The minimum Gasteiger partial charge on any atom is -0.468 e. The number of hydrogen-bond donors (Lipinski definition) is 1. The van der Waals surface area contributed by atoms with Gasteiger partial charge in [-0.25, -0.2) is 4.68 Å². The van der Waals surface area contributed by atoms with Crippen LogP contribution >= 0.6 is 0 Å². The van der Waals surface area contributed by atoms with Gasteiger partial charge in [0.15, 0.2) is 0 Å². The Morgan fingerprint density at radius 3 is 2.44 bits per heavy atom. The Kier molecular flexibility index (Phi) is 7.80. The predicted molar refractivity (Wildman–Crippen MR) is 130 cm³/mol. The molecule has 0 bridgehead atoms. The number of para-hydroxylation sites is 1. The van der Waals surface area contributed by atoms with Gasteiger partial charge >= 0.3 is 0 Å². The number of hydrogen-bond acceptors (Lipinski definition) is 6. The second-order valence-corrected chi connectivity index (χ2v) is 8.39. The summed E-state index contributed by atoms with van der Waals surface area (Å²) >= 11 is 0. The van der Waals surface area contributed by atoms with E-state index in [-0.39, 0.29) is 6.61 Å². The molecule has 0 spiro atoms. The third-order valence-electron chi connectivity index (χ3n) is 5.54. The van der Waals surface area contributed by atoms with E-state index in [0.717, 1.165) is 34.0 Å². The molecule has 0 fully saturated rings. The van der Waals surface area contributed by atoms with Crippen LogP contribution in [0.4, 0.5) is 0 Å². The summed E-state index contributed by atoms with van der Waals surface area (Å²) in [4.78, 5) is 2.11. The fraction of sp³-hybridized carbons (Fsp3) is 0.296. The molecule has 4 aromatic rings. The van der Waals surface area contributed by atoms with Crippen LogP contribution in [-0.2, 0) is 17.8 Å². The minimum atomic E-state index is -0.633. The molecule has 178 valence electrons. The number of aliphatic hydroxyl groups excluding tert-OH is 1. The third kappa shape index (κ3) is 5.94. The molecule has 0 saturated heterocycles. The van der Waals surface area contributed by atoms with Gasteiger partial charge in [0.2, 0.25) is 5.88 Å². The first-order valence-electron chi connectivity index (χ1n) is 11.3. The van der Waals surface area contributed by atoms with Crippen molar-refractivity contribution in [2.45, 2.75) is 33.0 Å². The van der Waals surface area contributed by atoms with Crippen molar-refractivity contribution in [1.82, 2.24) is 14.7 Å². The van der Waals surface area contributed by atoms with Crippen molar-refractivity contribution in [2.75, 3.05) is 20.3 Å². The molecular weight excluding hydrogens is 430 g/mol. The first kappa shape index (κ1) is 23.8. The highest BCUT2D eigenvalue weighted by Gasteiger charge is 2.23. The van der Waals surface area contributed by atoms with Gasteiger partial charge in [-0.2, -0.15) is 5.10 Å². The van der Waals surface area contributed by atoms with Gasteiger partial charge in [-0.05, 0) is 50.2 Å². The maximum Gasteiger partial charge on any atom is 0.227 e. The normalized spacial score (nSPS) is 12.3. The average Bonchev–Trinajstić information content (AvgIpc) is 3.45. The Labute approximate surface area is 200 Å². The lowest BCUT2D eigenvalue weighted by atomic mass is 10.2. The topological polar surface area (TPSA) is 72.9 Å². The smallest absolute Gasteiger partial charge is 0.227 e. The summed E-state index contributed by atoms with van der Waals surface area (Å²) in [6.45, 7) is 5.74. The van der Waals surface area contributed by atoms with E-state index in [2.05, 4.69) is 4.90 Å². The van der Waals surface area contributed by atoms with Gasteiger partial charge in [-0.1, -0.05) is 35.9 Å². The van der Waals surface area contributed by atoms with Crippen molar-refractivity contribution >= 4 is 0 Å². The van der Waals surface area contributed by atoms with Gasteiger partial charge in [0.1, 0.15) is 11.5 Å². The summed E-state index contributed by atoms with van der Waals surface area (Å²) in [5.74, 6) is 2.21. The first-order valence-corrected chi connectivity index (χ1v) is 11.3. The molecule has 4 rings (SSSR count). The lowest BCUT2D eigenvalue weighted by Gasteiger charge is -2.24. The van der Waals surface area contributed by atoms with E-state index in [1.165, 1.54) is 0 Å². The molecule has 2 heterocycles. The number of furan rings is 1. The lowest BCUT2D eigenvalue weighted by Crippen LogP contribution is -2.34. The summed E-state index contributed by atoms with van der Waals surface area (Å²) in [6.07, 6.45) is 1.02. The SMILES string of the molecule is COC[C@H](O)CN(Cc1ccco1)Cc1c(C)nn(-c2ccccc2)c1Oc1ccc(C)cc1. The van der Waals surface area contributed by atoms with E-state index in [0.29, 0.717) is 25.5 Å².